The number of likely N-dealkylation sites (N-methyl/N-ethyl adjacent to an activating group) is 1. The third kappa shape index (κ3) is 3.74. The highest BCUT2D eigenvalue weighted by Gasteiger charge is 2.41. The first-order chi connectivity index (χ1) is 18.4. The van der Waals surface area contributed by atoms with E-state index in [2.05, 4.69) is 10.1 Å². The van der Waals surface area contributed by atoms with Crippen molar-refractivity contribution in [2.45, 2.75) is 37.8 Å². The van der Waals surface area contributed by atoms with Gasteiger partial charge in [-0.25, -0.2) is 14.1 Å². The molecule has 0 unspecified atom stereocenters. The van der Waals surface area contributed by atoms with Gasteiger partial charge in [-0.1, -0.05) is 23.7 Å². The number of aromatic nitrogens is 3. The molecule has 3 aliphatic rings. The fourth-order valence-electron chi connectivity index (χ4n) is 5.16. The minimum Gasteiger partial charge on any atom is -0.489 e. The molecule has 4 heterocycles. The Morgan fingerprint density at radius 1 is 1.16 bits per heavy atom. The fourth-order valence-corrected chi connectivity index (χ4v) is 5.44. The maximum absolute atomic E-state index is 13.6. The zero-order valence-electron chi connectivity index (χ0n) is 20.5. The molecule has 1 atom stereocenters. The Kier molecular flexibility index (Phi) is 5.23. The average Bonchev–Trinajstić information content (AvgIpc) is 3.63. The first kappa shape index (κ1) is 23.2. The van der Waals surface area contributed by atoms with Crippen LogP contribution in [0.4, 0.5) is 10.1 Å². The molecular formula is C27H23ClFN5O4. The zero-order valence-corrected chi connectivity index (χ0v) is 21.2. The summed E-state index contributed by atoms with van der Waals surface area (Å²) < 4.78 is 26.8. The van der Waals surface area contributed by atoms with E-state index in [1.54, 1.807) is 31.3 Å². The molecule has 2 aliphatic heterocycles. The van der Waals surface area contributed by atoms with Crippen molar-refractivity contribution < 1.29 is 23.1 Å². The summed E-state index contributed by atoms with van der Waals surface area (Å²) in [4.78, 5) is 34.8. The lowest BCUT2D eigenvalue weighted by Gasteiger charge is -2.33. The van der Waals surface area contributed by atoms with Crippen LogP contribution in [-0.2, 0) is 17.8 Å². The molecule has 11 heteroatoms. The summed E-state index contributed by atoms with van der Waals surface area (Å²) in [6.45, 7) is 0.587. The van der Waals surface area contributed by atoms with Gasteiger partial charge in [0.25, 0.3) is 11.8 Å². The number of amides is 2. The van der Waals surface area contributed by atoms with Crippen molar-refractivity contribution in [3.63, 3.8) is 0 Å². The fraction of sp³-hybridized carbons (Fsp3) is 0.333. The lowest BCUT2D eigenvalue weighted by Crippen LogP contribution is -2.54. The Hall–Kier alpha value is -3.92. The molecule has 1 fully saturated rings. The van der Waals surface area contributed by atoms with E-state index in [-0.39, 0.29) is 29.9 Å². The van der Waals surface area contributed by atoms with Gasteiger partial charge < -0.3 is 19.0 Å². The highest BCUT2D eigenvalue weighted by Crippen LogP contribution is 2.43. The number of benzene rings is 2. The molecule has 4 aromatic rings. The van der Waals surface area contributed by atoms with Crippen LogP contribution in [0.1, 0.15) is 46.3 Å². The standard InChI is InChI=1S/C27H23ClFN5O4/c1-32-19-10-18-21(38-25(30-18)15-4-5-15)11-22(19)37-13-20(26(32)35)33-9-8-17-23(27(33)36)31-34(24(17)28)12-14-2-6-16(29)7-3-14/h2-3,6-7,10-11,15,20H,4-5,8-9,12-13H2,1H3/t20-/m0/s1. The highest BCUT2D eigenvalue weighted by atomic mass is 35.5. The van der Waals surface area contributed by atoms with Gasteiger partial charge in [-0.15, -0.1) is 0 Å². The maximum Gasteiger partial charge on any atom is 0.275 e. The van der Waals surface area contributed by atoms with Crippen LogP contribution < -0.4 is 9.64 Å². The smallest absolute Gasteiger partial charge is 0.275 e. The molecule has 38 heavy (non-hydrogen) atoms. The van der Waals surface area contributed by atoms with E-state index in [0.717, 1.165) is 24.3 Å². The molecule has 0 spiro atoms. The maximum atomic E-state index is 13.6. The first-order valence-corrected chi connectivity index (χ1v) is 12.9. The molecule has 2 aromatic carbocycles. The van der Waals surface area contributed by atoms with Crippen LogP contribution in [-0.4, -0.2) is 57.7 Å². The van der Waals surface area contributed by atoms with E-state index in [1.807, 2.05) is 0 Å². The Bertz CT molecular complexity index is 1610. The van der Waals surface area contributed by atoms with Gasteiger partial charge in [0, 0.05) is 31.1 Å². The van der Waals surface area contributed by atoms with Crippen molar-refractivity contribution >= 4 is 40.2 Å². The zero-order chi connectivity index (χ0) is 26.1. The first-order valence-electron chi connectivity index (χ1n) is 12.5. The van der Waals surface area contributed by atoms with Crippen LogP contribution in [0.2, 0.25) is 5.15 Å². The van der Waals surface area contributed by atoms with Crippen molar-refractivity contribution in [3.8, 4) is 5.75 Å². The molecule has 0 radical (unpaired) electrons. The normalized spacial score (nSPS) is 19.4. The van der Waals surface area contributed by atoms with Gasteiger partial charge in [0.1, 0.15) is 34.9 Å². The van der Waals surface area contributed by atoms with E-state index in [9.17, 15) is 14.0 Å². The number of carbonyl (C=O) groups is 2. The number of nitrogens with zero attached hydrogens (tertiary/aromatic N) is 5. The van der Waals surface area contributed by atoms with Gasteiger partial charge in [0.15, 0.2) is 17.2 Å². The number of rotatable bonds is 4. The number of fused-ring (bicyclic) bond motifs is 3. The predicted molar refractivity (Wildman–Crippen MR) is 136 cm³/mol. The predicted octanol–water partition coefficient (Wildman–Crippen LogP) is 4.16. The lowest BCUT2D eigenvalue weighted by atomic mass is 10.0. The van der Waals surface area contributed by atoms with Gasteiger partial charge in [0.05, 0.1) is 12.2 Å². The van der Waals surface area contributed by atoms with E-state index in [4.69, 9.17) is 20.8 Å². The summed E-state index contributed by atoms with van der Waals surface area (Å²) in [6, 6.07) is 8.75. The lowest BCUT2D eigenvalue weighted by molar-refractivity contribution is -0.123. The van der Waals surface area contributed by atoms with Gasteiger partial charge in [-0.05, 0) is 43.0 Å². The molecule has 1 saturated carbocycles. The summed E-state index contributed by atoms with van der Waals surface area (Å²) in [7, 11) is 1.67. The Morgan fingerprint density at radius 3 is 2.71 bits per heavy atom. The van der Waals surface area contributed by atoms with Crippen molar-refractivity contribution in [2.24, 2.45) is 0 Å². The van der Waals surface area contributed by atoms with Crippen LogP contribution in [0, 0.1) is 5.82 Å². The Balaban J connectivity index is 1.15. The number of hydrogen-bond acceptors (Lipinski definition) is 6. The molecule has 194 valence electrons. The summed E-state index contributed by atoms with van der Waals surface area (Å²) in [6.07, 6.45) is 2.60. The SMILES string of the molecule is CN1C(=O)[C@@H](N2CCc3c(nn(Cc4ccc(F)cc4)c3Cl)C2=O)COc2cc3oc(C4CC4)nc3cc21. The highest BCUT2D eigenvalue weighted by molar-refractivity contribution is 6.31. The Morgan fingerprint density at radius 2 is 1.95 bits per heavy atom. The van der Waals surface area contributed by atoms with Crippen molar-refractivity contribution in [3.05, 3.63) is 70.1 Å². The van der Waals surface area contributed by atoms with Crippen molar-refractivity contribution in [2.75, 3.05) is 25.1 Å². The van der Waals surface area contributed by atoms with Crippen molar-refractivity contribution in [1.82, 2.24) is 19.7 Å². The molecule has 7 rings (SSSR count). The number of hydrogen-bond donors (Lipinski definition) is 0. The molecule has 0 bridgehead atoms. The number of ether oxygens (including phenoxy) is 1. The second-order valence-corrected chi connectivity index (χ2v) is 10.3. The largest absolute Gasteiger partial charge is 0.489 e. The van der Waals surface area contributed by atoms with Crippen LogP contribution in [0.5, 0.6) is 5.75 Å². The summed E-state index contributed by atoms with van der Waals surface area (Å²) in [5.74, 6) is 0.625. The second-order valence-electron chi connectivity index (χ2n) is 9.99. The minimum absolute atomic E-state index is 0.00358. The third-order valence-electron chi connectivity index (χ3n) is 7.46. The van der Waals surface area contributed by atoms with Gasteiger partial charge in [-0.3, -0.25) is 9.59 Å². The van der Waals surface area contributed by atoms with Crippen molar-refractivity contribution in [1.29, 1.82) is 0 Å². The molecule has 2 amide bonds. The molecular weight excluding hydrogens is 513 g/mol. The minimum atomic E-state index is -0.838. The van der Waals surface area contributed by atoms with Gasteiger partial charge >= 0.3 is 0 Å². The molecule has 1 aliphatic carbocycles. The number of halogens is 2. The second kappa shape index (κ2) is 8.56. The van der Waals surface area contributed by atoms with E-state index in [1.165, 1.54) is 26.6 Å². The molecule has 0 N–H and O–H groups in total. The third-order valence-corrected chi connectivity index (χ3v) is 7.88. The van der Waals surface area contributed by atoms with Crippen LogP contribution in [0.25, 0.3) is 11.1 Å². The van der Waals surface area contributed by atoms with E-state index >= 15 is 0 Å². The van der Waals surface area contributed by atoms with E-state index < -0.39 is 6.04 Å². The molecule has 0 saturated heterocycles. The summed E-state index contributed by atoms with van der Waals surface area (Å²) >= 11 is 6.58. The van der Waals surface area contributed by atoms with Crippen LogP contribution in [0.15, 0.2) is 40.8 Å². The summed E-state index contributed by atoms with van der Waals surface area (Å²) in [5, 5.41) is 4.84. The summed E-state index contributed by atoms with van der Waals surface area (Å²) in [5.41, 5.74) is 3.53. The number of oxazole rings is 1. The van der Waals surface area contributed by atoms with Crippen LogP contribution in [0.3, 0.4) is 0 Å². The Labute approximate surface area is 221 Å². The van der Waals surface area contributed by atoms with E-state index in [0.29, 0.717) is 58.7 Å². The number of carbonyl (C=O) groups excluding carboxylic acids is 2. The van der Waals surface area contributed by atoms with Crippen LogP contribution >= 0.6 is 11.6 Å². The topological polar surface area (TPSA) is 93.7 Å². The average molecular weight is 536 g/mol. The molecule has 2 aromatic heterocycles. The van der Waals surface area contributed by atoms with Gasteiger partial charge in [-0.2, -0.15) is 5.10 Å². The monoisotopic (exact) mass is 535 g/mol. The van der Waals surface area contributed by atoms with Gasteiger partial charge in [0.2, 0.25) is 0 Å². The molecule has 9 nitrogen and oxygen atoms in total. The number of anilines is 1. The quantitative estimate of drug-likeness (QED) is 0.389.